The van der Waals surface area contributed by atoms with Crippen LogP contribution in [0.5, 0.6) is 0 Å². The molecule has 1 aromatic heterocycles. The fourth-order valence-corrected chi connectivity index (χ4v) is 1.85. The van der Waals surface area contributed by atoms with Gasteiger partial charge >= 0.3 is 0 Å². The van der Waals surface area contributed by atoms with Crippen molar-refractivity contribution >= 4 is 5.91 Å². The monoisotopic (exact) mass is 287 g/mol. The Bertz CT molecular complexity index is 576. The highest BCUT2D eigenvalue weighted by molar-refractivity contribution is 5.91. The van der Waals surface area contributed by atoms with E-state index < -0.39 is 0 Å². The molecule has 1 aromatic carbocycles. The Morgan fingerprint density at radius 2 is 1.95 bits per heavy atom. The highest BCUT2D eigenvalue weighted by Gasteiger charge is 2.10. The van der Waals surface area contributed by atoms with Gasteiger partial charge in [-0.05, 0) is 32.0 Å². The van der Waals surface area contributed by atoms with Crippen molar-refractivity contribution in [1.82, 2.24) is 25.6 Å². The number of hydrogen-bond donors (Lipinski definition) is 2. The summed E-state index contributed by atoms with van der Waals surface area (Å²) in [5, 5.41) is 13.9. The minimum absolute atomic E-state index is 0.202. The van der Waals surface area contributed by atoms with Gasteiger partial charge < -0.3 is 10.6 Å². The molecule has 6 nitrogen and oxygen atoms in total. The van der Waals surface area contributed by atoms with Crippen LogP contribution in [0.2, 0.25) is 0 Å². The first-order chi connectivity index (χ1) is 10.2. The highest BCUT2D eigenvalue weighted by Crippen LogP contribution is 2.08. The summed E-state index contributed by atoms with van der Waals surface area (Å²) in [7, 11) is 0. The summed E-state index contributed by atoms with van der Waals surface area (Å²) >= 11 is 0. The number of carbonyl (C=O) groups excluding carboxylic acids is 1. The van der Waals surface area contributed by atoms with Gasteiger partial charge in [0.15, 0.2) is 5.69 Å². The maximum atomic E-state index is 11.9. The van der Waals surface area contributed by atoms with Crippen molar-refractivity contribution in [3.63, 3.8) is 0 Å². The lowest BCUT2D eigenvalue weighted by Crippen LogP contribution is -2.32. The molecule has 1 heterocycles. The number of aryl methyl sites for hydroxylation is 1. The molecule has 0 aliphatic rings. The molecule has 112 valence electrons. The summed E-state index contributed by atoms with van der Waals surface area (Å²) in [5.41, 5.74) is 2.39. The minimum Gasteiger partial charge on any atom is -0.349 e. The molecule has 0 bridgehead atoms. The van der Waals surface area contributed by atoms with Crippen LogP contribution in [-0.4, -0.2) is 40.5 Å². The second-order valence-electron chi connectivity index (χ2n) is 4.89. The van der Waals surface area contributed by atoms with Crippen molar-refractivity contribution < 1.29 is 4.79 Å². The molecule has 0 spiro atoms. The van der Waals surface area contributed by atoms with Gasteiger partial charge in [-0.15, -0.1) is 5.10 Å². The third kappa shape index (κ3) is 4.39. The molecule has 0 aliphatic heterocycles. The summed E-state index contributed by atoms with van der Waals surface area (Å²) in [6.45, 7) is 6.42. The molecule has 0 atom stereocenters. The van der Waals surface area contributed by atoms with Crippen LogP contribution in [0, 0.1) is 6.92 Å². The maximum absolute atomic E-state index is 11.9. The van der Waals surface area contributed by atoms with Crippen LogP contribution >= 0.6 is 0 Å². The van der Waals surface area contributed by atoms with E-state index in [2.05, 4.69) is 27.9 Å². The molecule has 1 amide bonds. The lowest BCUT2D eigenvalue weighted by Gasteiger charge is -2.03. The van der Waals surface area contributed by atoms with Crippen LogP contribution < -0.4 is 10.6 Å². The van der Waals surface area contributed by atoms with E-state index in [1.54, 1.807) is 10.9 Å². The third-order valence-corrected chi connectivity index (χ3v) is 3.04. The number of benzene rings is 1. The topological polar surface area (TPSA) is 71.8 Å². The van der Waals surface area contributed by atoms with Gasteiger partial charge in [-0.3, -0.25) is 4.79 Å². The largest absolute Gasteiger partial charge is 0.349 e. The number of nitrogens with zero attached hydrogens (tertiary/aromatic N) is 3. The maximum Gasteiger partial charge on any atom is 0.273 e. The molecule has 0 aliphatic carbocycles. The Morgan fingerprint density at radius 1 is 1.19 bits per heavy atom. The zero-order chi connectivity index (χ0) is 15.1. The predicted molar refractivity (Wildman–Crippen MR) is 81.6 cm³/mol. The average Bonchev–Trinajstić information content (AvgIpc) is 2.97. The van der Waals surface area contributed by atoms with Crippen LogP contribution in [0.4, 0.5) is 0 Å². The molecule has 6 heteroatoms. The van der Waals surface area contributed by atoms with Crippen LogP contribution in [-0.2, 0) is 0 Å². The van der Waals surface area contributed by atoms with Crippen molar-refractivity contribution in [2.75, 3.05) is 19.6 Å². The molecule has 0 saturated heterocycles. The highest BCUT2D eigenvalue weighted by atomic mass is 16.2. The van der Waals surface area contributed by atoms with E-state index >= 15 is 0 Å². The second-order valence-corrected chi connectivity index (χ2v) is 4.89. The summed E-state index contributed by atoms with van der Waals surface area (Å²) in [6, 6.07) is 7.88. The van der Waals surface area contributed by atoms with E-state index in [4.69, 9.17) is 0 Å². The Labute approximate surface area is 124 Å². The molecular weight excluding hydrogens is 266 g/mol. The number of hydrogen-bond acceptors (Lipinski definition) is 4. The predicted octanol–water partition coefficient (Wildman–Crippen LogP) is 1.31. The molecule has 2 rings (SSSR count). The number of amides is 1. The first kappa shape index (κ1) is 15.2. The smallest absolute Gasteiger partial charge is 0.273 e. The van der Waals surface area contributed by atoms with Gasteiger partial charge in [0.2, 0.25) is 0 Å². The van der Waals surface area contributed by atoms with Gasteiger partial charge in [-0.2, -0.15) is 0 Å². The fourth-order valence-electron chi connectivity index (χ4n) is 1.85. The van der Waals surface area contributed by atoms with Crippen LogP contribution in [0.1, 0.15) is 29.4 Å². The van der Waals surface area contributed by atoms with Crippen molar-refractivity contribution in [3.8, 4) is 5.69 Å². The molecule has 0 fully saturated rings. The first-order valence-corrected chi connectivity index (χ1v) is 7.19. The Morgan fingerprint density at radius 3 is 2.67 bits per heavy atom. The second kappa shape index (κ2) is 7.54. The van der Waals surface area contributed by atoms with Gasteiger partial charge in [0.1, 0.15) is 0 Å². The van der Waals surface area contributed by atoms with E-state index in [0.717, 1.165) is 25.2 Å². The van der Waals surface area contributed by atoms with E-state index in [0.29, 0.717) is 12.2 Å². The van der Waals surface area contributed by atoms with Crippen LogP contribution in [0.3, 0.4) is 0 Å². The molecule has 0 unspecified atom stereocenters. The van der Waals surface area contributed by atoms with Gasteiger partial charge in [-0.1, -0.05) is 29.8 Å². The van der Waals surface area contributed by atoms with Crippen LogP contribution in [0.15, 0.2) is 30.5 Å². The van der Waals surface area contributed by atoms with Crippen molar-refractivity contribution in [2.45, 2.75) is 20.3 Å². The Balaban J connectivity index is 1.90. The van der Waals surface area contributed by atoms with E-state index in [1.165, 1.54) is 5.56 Å². The van der Waals surface area contributed by atoms with Crippen LogP contribution in [0.25, 0.3) is 5.69 Å². The first-order valence-electron chi connectivity index (χ1n) is 7.19. The number of rotatable bonds is 7. The average molecular weight is 287 g/mol. The van der Waals surface area contributed by atoms with Crippen molar-refractivity contribution in [2.24, 2.45) is 0 Å². The molecule has 0 radical (unpaired) electrons. The zero-order valence-corrected chi connectivity index (χ0v) is 12.5. The summed E-state index contributed by atoms with van der Waals surface area (Å²) in [5.74, 6) is -0.202. The lowest BCUT2D eigenvalue weighted by atomic mass is 10.2. The van der Waals surface area contributed by atoms with Gasteiger partial charge in [0, 0.05) is 13.1 Å². The van der Waals surface area contributed by atoms with Crippen molar-refractivity contribution in [1.29, 1.82) is 0 Å². The van der Waals surface area contributed by atoms with Gasteiger partial charge in [-0.25, -0.2) is 4.68 Å². The SMILES string of the molecule is CCCNCCNC(=O)c1cn(-c2ccc(C)cc2)nn1. The minimum atomic E-state index is -0.202. The molecule has 0 saturated carbocycles. The van der Waals surface area contributed by atoms with E-state index in [-0.39, 0.29) is 5.91 Å². The normalized spacial score (nSPS) is 10.6. The summed E-state index contributed by atoms with van der Waals surface area (Å²) < 4.78 is 1.60. The summed E-state index contributed by atoms with van der Waals surface area (Å²) in [4.78, 5) is 11.9. The standard InChI is InChI=1S/C15H21N5O/c1-3-8-16-9-10-17-15(21)14-11-20(19-18-14)13-6-4-12(2)5-7-13/h4-7,11,16H,3,8-10H2,1-2H3,(H,17,21). The third-order valence-electron chi connectivity index (χ3n) is 3.04. The number of nitrogens with one attached hydrogen (secondary N) is 2. The van der Waals surface area contributed by atoms with E-state index in [9.17, 15) is 4.79 Å². The zero-order valence-electron chi connectivity index (χ0n) is 12.5. The number of aromatic nitrogens is 3. The van der Waals surface area contributed by atoms with E-state index in [1.807, 2.05) is 31.2 Å². The Kier molecular flexibility index (Phi) is 5.45. The van der Waals surface area contributed by atoms with Gasteiger partial charge in [0.25, 0.3) is 5.91 Å². The molecule has 2 aromatic rings. The molecule has 21 heavy (non-hydrogen) atoms. The molecule has 2 N–H and O–H groups in total. The molecular formula is C15H21N5O. The quantitative estimate of drug-likeness (QED) is 0.753. The lowest BCUT2D eigenvalue weighted by molar-refractivity contribution is 0.0949. The number of carbonyl (C=O) groups is 1. The van der Waals surface area contributed by atoms with Gasteiger partial charge in [0.05, 0.1) is 11.9 Å². The Hall–Kier alpha value is -2.21. The fraction of sp³-hybridized carbons (Fsp3) is 0.400. The van der Waals surface area contributed by atoms with Crippen molar-refractivity contribution in [3.05, 3.63) is 41.7 Å². The summed E-state index contributed by atoms with van der Waals surface area (Å²) in [6.07, 6.45) is 2.72.